The summed E-state index contributed by atoms with van der Waals surface area (Å²) in [6, 6.07) is 7.63. The molecule has 1 aromatic heterocycles. The molecule has 1 saturated heterocycles. The van der Waals surface area contributed by atoms with E-state index in [4.69, 9.17) is 21.1 Å². The molecule has 152 valence electrons. The van der Waals surface area contributed by atoms with Crippen molar-refractivity contribution in [1.82, 2.24) is 9.80 Å². The van der Waals surface area contributed by atoms with Crippen LogP contribution in [-0.4, -0.2) is 55.6 Å². The lowest BCUT2D eigenvalue weighted by molar-refractivity contribution is 0.0629. The van der Waals surface area contributed by atoms with Gasteiger partial charge in [0.25, 0.3) is 5.91 Å². The SMILES string of the molecule is COc1cc(C(=O)N2CCN(Cc3cccs3)CC2)cc(Cl)c1OCC(C)C. The van der Waals surface area contributed by atoms with Crippen LogP contribution in [0.4, 0.5) is 0 Å². The number of hydrogen-bond donors (Lipinski definition) is 0. The van der Waals surface area contributed by atoms with Gasteiger partial charge >= 0.3 is 0 Å². The lowest BCUT2D eigenvalue weighted by atomic mass is 10.1. The van der Waals surface area contributed by atoms with Crippen molar-refractivity contribution in [3.05, 3.63) is 45.1 Å². The number of carbonyl (C=O) groups excluding carboxylic acids is 1. The standard InChI is InChI=1S/C21H27ClN2O3S/c1-15(2)14-27-20-18(22)11-16(12-19(20)26-3)21(25)24-8-6-23(7-9-24)13-17-5-4-10-28-17/h4-5,10-12,15H,6-9,13-14H2,1-3H3. The normalized spacial score (nSPS) is 15.1. The van der Waals surface area contributed by atoms with E-state index in [1.807, 2.05) is 4.90 Å². The topological polar surface area (TPSA) is 42.0 Å². The molecule has 2 heterocycles. The Bertz CT molecular complexity index is 787. The fraction of sp³-hybridized carbons (Fsp3) is 0.476. The molecule has 0 atom stereocenters. The minimum atomic E-state index is -0.0219. The lowest BCUT2D eigenvalue weighted by Crippen LogP contribution is -2.48. The molecule has 0 saturated carbocycles. The Morgan fingerprint density at radius 1 is 1.25 bits per heavy atom. The van der Waals surface area contributed by atoms with Crippen molar-refractivity contribution >= 4 is 28.8 Å². The van der Waals surface area contributed by atoms with Gasteiger partial charge in [-0.1, -0.05) is 31.5 Å². The number of thiophene rings is 1. The summed E-state index contributed by atoms with van der Waals surface area (Å²) in [7, 11) is 1.56. The summed E-state index contributed by atoms with van der Waals surface area (Å²) in [5.74, 6) is 1.34. The van der Waals surface area contributed by atoms with Crippen LogP contribution >= 0.6 is 22.9 Å². The second-order valence-electron chi connectivity index (χ2n) is 7.34. The molecule has 1 fully saturated rings. The average Bonchev–Trinajstić information content (AvgIpc) is 3.19. The van der Waals surface area contributed by atoms with Crippen LogP contribution in [0.25, 0.3) is 0 Å². The van der Waals surface area contributed by atoms with Crippen molar-refractivity contribution in [2.24, 2.45) is 5.92 Å². The smallest absolute Gasteiger partial charge is 0.254 e. The third kappa shape index (κ3) is 5.19. The first-order valence-electron chi connectivity index (χ1n) is 9.52. The van der Waals surface area contributed by atoms with Gasteiger partial charge in [-0.2, -0.15) is 0 Å². The first kappa shape index (κ1) is 21.0. The molecule has 3 rings (SSSR count). The molecular formula is C21H27ClN2O3S. The Morgan fingerprint density at radius 3 is 2.61 bits per heavy atom. The minimum Gasteiger partial charge on any atom is -0.493 e. The molecular weight excluding hydrogens is 396 g/mol. The van der Waals surface area contributed by atoms with Crippen LogP contribution in [0.15, 0.2) is 29.6 Å². The first-order valence-corrected chi connectivity index (χ1v) is 10.8. The molecule has 1 aliphatic rings. The third-order valence-electron chi connectivity index (χ3n) is 4.66. The van der Waals surface area contributed by atoms with Crippen LogP contribution in [-0.2, 0) is 6.54 Å². The Kier molecular flexibility index (Phi) is 7.21. The summed E-state index contributed by atoms with van der Waals surface area (Å²) in [6.07, 6.45) is 0. The zero-order valence-electron chi connectivity index (χ0n) is 16.6. The molecule has 0 unspecified atom stereocenters. The first-order chi connectivity index (χ1) is 13.5. The summed E-state index contributed by atoms with van der Waals surface area (Å²) in [5.41, 5.74) is 0.533. The van der Waals surface area contributed by atoms with Crippen molar-refractivity contribution in [3.63, 3.8) is 0 Å². The van der Waals surface area contributed by atoms with E-state index in [-0.39, 0.29) is 5.91 Å². The molecule has 0 bridgehead atoms. The highest BCUT2D eigenvalue weighted by Gasteiger charge is 2.24. The van der Waals surface area contributed by atoms with E-state index in [1.54, 1.807) is 30.6 Å². The van der Waals surface area contributed by atoms with Crippen molar-refractivity contribution < 1.29 is 14.3 Å². The maximum Gasteiger partial charge on any atom is 0.254 e. The monoisotopic (exact) mass is 422 g/mol. The maximum atomic E-state index is 13.0. The number of amides is 1. The van der Waals surface area contributed by atoms with Gasteiger partial charge in [0.1, 0.15) is 0 Å². The van der Waals surface area contributed by atoms with Crippen LogP contribution in [0.1, 0.15) is 29.1 Å². The summed E-state index contributed by atoms with van der Waals surface area (Å²) in [5, 5.41) is 2.50. The van der Waals surface area contributed by atoms with E-state index in [2.05, 4.69) is 36.3 Å². The summed E-state index contributed by atoms with van der Waals surface area (Å²) >= 11 is 8.17. The number of benzene rings is 1. The van der Waals surface area contributed by atoms with E-state index in [0.717, 1.165) is 19.6 Å². The predicted molar refractivity (Wildman–Crippen MR) is 114 cm³/mol. The molecule has 1 amide bonds. The lowest BCUT2D eigenvalue weighted by Gasteiger charge is -2.34. The van der Waals surface area contributed by atoms with Gasteiger partial charge in [-0.3, -0.25) is 9.69 Å². The molecule has 0 radical (unpaired) electrons. The fourth-order valence-electron chi connectivity index (χ4n) is 3.15. The third-order valence-corrected chi connectivity index (χ3v) is 5.80. The van der Waals surface area contributed by atoms with E-state index in [1.165, 1.54) is 4.88 Å². The van der Waals surface area contributed by atoms with Gasteiger partial charge in [-0.05, 0) is 29.5 Å². The number of methoxy groups -OCH3 is 1. The second kappa shape index (κ2) is 9.63. The van der Waals surface area contributed by atoms with E-state index in [0.29, 0.717) is 47.7 Å². The van der Waals surface area contributed by atoms with E-state index >= 15 is 0 Å². The highest BCUT2D eigenvalue weighted by molar-refractivity contribution is 7.09. The van der Waals surface area contributed by atoms with Gasteiger partial charge in [-0.25, -0.2) is 0 Å². The molecule has 0 N–H and O–H groups in total. The molecule has 7 heteroatoms. The molecule has 28 heavy (non-hydrogen) atoms. The van der Waals surface area contributed by atoms with Gasteiger partial charge < -0.3 is 14.4 Å². The van der Waals surface area contributed by atoms with Gasteiger partial charge in [0.2, 0.25) is 0 Å². The van der Waals surface area contributed by atoms with Crippen molar-refractivity contribution in [2.45, 2.75) is 20.4 Å². The van der Waals surface area contributed by atoms with Crippen LogP contribution in [0.5, 0.6) is 11.5 Å². The zero-order chi connectivity index (χ0) is 20.1. The Hall–Kier alpha value is -1.76. The Morgan fingerprint density at radius 2 is 2.00 bits per heavy atom. The van der Waals surface area contributed by atoms with Gasteiger partial charge in [-0.15, -0.1) is 11.3 Å². The molecule has 1 aromatic carbocycles. The molecule has 0 spiro atoms. The van der Waals surface area contributed by atoms with Gasteiger partial charge in [0.15, 0.2) is 11.5 Å². The number of nitrogens with zero attached hydrogens (tertiary/aromatic N) is 2. The summed E-state index contributed by atoms with van der Waals surface area (Å²) in [4.78, 5) is 18.6. The number of rotatable bonds is 7. The number of piperazine rings is 1. The molecule has 0 aliphatic carbocycles. The predicted octanol–water partition coefficient (Wildman–Crippen LogP) is 4.40. The highest BCUT2D eigenvalue weighted by Crippen LogP contribution is 2.37. The molecule has 5 nitrogen and oxygen atoms in total. The average molecular weight is 423 g/mol. The number of halogens is 1. The molecule has 2 aromatic rings. The summed E-state index contributed by atoms with van der Waals surface area (Å²) < 4.78 is 11.2. The van der Waals surface area contributed by atoms with E-state index < -0.39 is 0 Å². The minimum absolute atomic E-state index is 0.0219. The number of ether oxygens (including phenoxy) is 2. The molecule has 1 aliphatic heterocycles. The van der Waals surface area contributed by atoms with Gasteiger partial charge in [0.05, 0.1) is 18.7 Å². The van der Waals surface area contributed by atoms with Crippen LogP contribution < -0.4 is 9.47 Å². The van der Waals surface area contributed by atoms with Gasteiger partial charge in [0, 0.05) is 43.2 Å². The Balaban J connectivity index is 1.64. The van der Waals surface area contributed by atoms with Crippen LogP contribution in [0.2, 0.25) is 5.02 Å². The van der Waals surface area contributed by atoms with Crippen molar-refractivity contribution in [1.29, 1.82) is 0 Å². The maximum absolute atomic E-state index is 13.0. The van der Waals surface area contributed by atoms with Crippen LogP contribution in [0, 0.1) is 5.92 Å². The zero-order valence-corrected chi connectivity index (χ0v) is 18.2. The summed E-state index contributed by atoms with van der Waals surface area (Å²) in [6.45, 7) is 8.75. The number of carbonyl (C=O) groups is 1. The Labute approximate surface area is 175 Å². The fourth-order valence-corrected chi connectivity index (χ4v) is 4.16. The van der Waals surface area contributed by atoms with E-state index in [9.17, 15) is 4.79 Å². The largest absolute Gasteiger partial charge is 0.493 e. The van der Waals surface area contributed by atoms with Crippen molar-refractivity contribution in [3.8, 4) is 11.5 Å². The second-order valence-corrected chi connectivity index (χ2v) is 8.78. The number of hydrogen-bond acceptors (Lipinski definition) is 5. The highest BCUT2D eigenvalue weighted by atomic mass is 35.5. The quantitative estimate of drug-likeness (QED) is 0.663. The van der Waals surface area contributed by atoms with Crippen LogP contribution in [0.3, 0.4) is 0 Å². The van der Waals surface area contributed by atoms with Crippen molar-refractivity contribution in [2.75, 3.05) is 39.9 Å².